The number of amides is 1. The summed E-state index contributed by atoms with van der Waals surface area (Å²) in [6.45, 7) is 0.422. The topological polar surface area (TPSA) is 64.0 Å². The van der Waals surface area contributed by atoms with Gasteiger partial charge in [-0.1, -0.05) is 35.3 Å². The van der Waals surface area contributed by atoms with E-state index in [2.05, 4.69) is 10.3 Å². The highest BCUT2D eigenvalue weighted by atomic mass is 35.5. The van der Waals surface area contributed by atoms with Gasteiger partial charge >= 0.3 is 0 Å². The van der Waals surface area contributed by atoms with Gasteiger partial charge in [0, 0.05) is 18.7 Å². The fraction of sp³-hybridized carbons (Fsp3) is 0.167. The number of carbonyl (C=O) groups excluding carboxylic acids is 1. The second-order valence-electron chi connectivity index (χ2n) is 5.54. The summed E-state index contributed by atoms with van der Waals surface area (Å²) in [5.74, 6) is -0.153. The Labute approximate surface area is 154 Å². The minimum absolute atomic E-state index is 0.101. The molecule has 0 radical (unpaired) electrons. The van der Waals surface area contributed by atoms with Gasteiger partial charge in [-0.25, -0.2) is 4.98 Å². The van der Waals surface area contributed by atoms with E-state index in [-0.39, 0.29) is 17.9 Å². The molecule has 2 aromatic carbocycles. The predicted molar refractivity (Wildman–Crippen MR) is 100 cm³/mol. The lowest BCUT2D eigenvalue weighted by atomic mass is 10.2. The zero-order valence-corrected chi connectivity index (χ0v) is 14.7. The summed E-state index contributed by atoms with van der Waals surface area (Å²) >= 11 is 11.8. The predicted octanol–water partition coefficient (Wildman–Crippen LogP) is 4.12. The van der Waals surface area contributed by atoms with E-state index in [1.807, 2.05) is 6.07 Å². The fourth-order valence-electron chi connectivity index (χ4n) is 2.47. The average molecular weight is 376 g/mol. The molecule has 0 saturated heterocycles. The van der Waals surface area contributed by atoms with Crippen LogP contribution in [0.3, 0.4) is 0 Å². The highest BCUT2D eigenvalue weighted by molar-refractivity contribution is 6.42. The van der Waals surface area contributed by atoms with Crippen molar-refractivity contribution in [2.75, 3.05) is 5.32 Å². The summed E-state index contributed by atoms with van der Waals surface area (Å²) in [5, 5.41) is 4.15. The Morgan fingerprint density at radius 3 is 2.72 bits per heavy atom. The first-order valence-corrected chi connectivity index (χ1v) is 8.49. The molecule has 0 aliphatic rings. The first-order valence-electron chi connectivity index (χ1n) is 7.73. The van der Waals surface area contributed by atoms with Crippen molar-refractivity contribution in [3.8, 4) is 0 Å². The smallest absolute Gasteiger partial charge is 0.261 e. The number of aryl methyl sites for hydroxylation is 1. The quantitative estimate of drug-likeness (QED) is 0.729. The molecule has 5 nitrogen and oxygen atoms in total. The summed E-state index contributed by atoms with van der Waals surface area (Å²) < 4.78 is 1.52. The van der Waals surface area contributed by atoms with Crippen LogP contribution in [0, 0.1) is 0 Å². The first-order chi connectivity index (χ1) is 12.0. The molecule has 1 amide bonds. The second-order valence-corrected chi connectivity index (χ2v) is 6.36. The van der Waals surface area contributed by atoms with Crippen LogP contribution < -0.4 is 10.9 Å². The molecule has 1 aromatic heterocycles. The molecule has 3 rings (SSSR count). The van der Waals surface area contributed by atoms with E-state index in [0.29, 0.717) is 39.6 Å². The van der Waals surface area contributed by atoms with Gasteiger partial charge < -0.3 is 5.32 Å². The molecule has 0 unspecified atom stereocenters. The van der Waals surface area contributed by atoms with Crippen LogP contribution in [0.1, 0.15) is 12.8 Å². The highest BCUT2D eigenvalue weighted by Gasteiger charge is 2.07. The van der Waals surface area contributed by atoms with E-state index in [4.69, 9.17) is 23.2 Å². The second kappa shape index (κ2) is 7.68. The molecule has 1 N–H and O–H groups in total. The van der Waals surface area contributed by atoms with Crippen molar-refractivity contribution in [3.05, 3.63) is 69.2 Å². The van der Waals surface area contributed by atoms with E-state index in [1.54, 1.807) is 36.4 Å². The minimum atomic E-state index is -0.153. The Hall–Kier alpha value is -2.37. The zero-order valence-electron chi connectivity index (χ0n) is 13.2. The third-order valence-electron chi connectivity index (χ3n) is 3.74. The summed E-state index contributed by atoms with van der Waals surface area (Å²) in [6, 6.07) is 12.1. The Kier molecular flexibility index (Phi) is 5.36. The van der Waals surface area contributed by atoms with Crippen LogP contribution in [0.4, 0.5) is 5.69 Å². The number of hydrogen-bond acceptors (Lipinski definition) is 3. The van der Waals surface area contributed by atoms with Crippen LogP contribution >= 0.6 is 23.2 Å². The molecular weight excluding hydrogens is 361 g/mol. The maximum atomic E-state index is 12.4. The number of nitrogens with one attached hydrogen (secondary N) is 1. The van der Waals surface area contributed by atoms with Crippen LogP contribution in [0.25, 0.3) is 10.9 Å². The number of para-hydroxylation sites is 1. The van der Waals surface area contributed by atoms with Gasteiger partial charge in [0.25, 0.3) is 5.56 Å². The van der Waals surface area contributed by atoms with Crippen LogP contribution in [0.2, 0.25) is 10.0 Å². The SMILES string of the molecule is O=C(CCCn1cnc2ccccc2c1=O)Nc1ccc(Cl)c(Cl)c1. The van der Waals surface area contributed by atoms with Crippen molar-refractivity contribution in [2.45, 2.75) is 19.4 Å². The van der Waals surface area contributed by atoms with Gasteiger partial charge in [-0.3, -0.25) is 14.2 Å². The fourth-order valence-corrected chi connectivity index (χ4v) is 2.77. The Morgan fingerprint density at radius 1 is 1.12 bits per heavy atom. The zero-order chi connectivity index (χ0) is 17.8. The van der Waals surface area contributed by atoms with Gasteiger partial charge in [0.1, 0.15) is 0 Å². The van der Waals surface area contributed by atoms with Crippen molar-refractivity contribution in [1.29, 1.82) is 0 Å². The minimum Gasteiger partial charge on any atom is -0.326 e. The maximum absolute atomic E-state index is 12.4. The standard InChI is InChI=1S/C18H15Cl2N3O2/c19-14-8-7-12(10-15(14)20)22-17(24)6-3-9-23-11-21-16-5-2-1-4-13(16)18(23)25/h1-2,4-5,7-8,10-11H,3,6,9H2,(H,22,24). The molecule has 1 heterocycles. The molecule has 3 aromatic rings. The van der Waals surface area contributed by atoms with E-state index in [1.165, 1.54) is 10.9 Å². The Balaban J connectivity index is 1.59. The third kappa shape index (κ3) is 4.18. The number of carbonyl (C=O) groups is 1. The molecule has 0 atom stereocenters. The molecule has 0 aliphatic heterocycles. The molecule has 7 heteroatoms. The number of rotatable bonds is 5. The summed E-state index contributed by atoms with van der Waals surface area (Å²) in [4.78, 5) is 28.6. The number of fused-ring (bicyclic) bond motifs is 1. The number of nitrogens with zero attached hydrogens (tertiary/aromatic N) is 2. The molecule has 0 bridgehead atoms. The van der Waals surface area contributed by atoms with Gasteiger partial charge in [-0.2, -0.15) is 0 Å². The monoisotopic (exact) mass is 375 g/mol. The van der Waals surface area contributed by atoms with Crippen molar-refractivity contribution < 1.29 is 4.79 Å². The van der Waals surface area contributed by atoms with Gasteiger partial charge in [0.05, 0.1) is 27.3 Å². The van der Waals surface area contributed by atoms with Crippen LogP contribution in [0.5, 0.6) is 0 Å². The molecule has 25 heavy (non-hydrogen) atoms. The molecular formula is C18H15Cl2N3O2. The van der Waals surface area contributed by atoms with E-state index in [0.717, 1.165) is 0 Å². The van der Waals surface area contributed by atoms with Gasteiger partial charge in [0.15, 0.2) is 0 Å². The van der Waals surface area contributed by atoms with E-state index < -0.39 is 0 Å². The lowest BCUT2D eigenvalue weighted by Gasteiger charge is -2.08. The number of aromatic nitrogens is 2. The van der Waals surface area contributed by atoms with E-state index >= 15 is 0 Å². The normalized spacial score (nSPS) is 10.8. The molecule has 128 valence electrons. The van der Waals surface area contributed by atoms with Crippen molar-refractivity contribution in [2.24, 2.45) is 0 Å². The van der Waals surface area contributed by atoms with Crippen LogP contribution in [0.15, 0.2) is 53.6 Å². The number of hydrogen-bond donors (Lipinski definition) is 1. The molecule has 0 saturated carbocycles. The molecule has 0 aliphatic carbocycles. The van der Waals surface area contributed by atoms with Crippen molar-refractivity contribution >= 4 is 45.7 Å². The first kappa shape index (κ1) is 17.5. The Bertz CT molecular complexity index is 985. The molecule has 0 fully saturated rings. The number of halogens is 2. The van der Waals surface area contributed by atoms with Crippen LogP contribution in [-0.4, -0.2) is 15.5 Å². The van der Waals surface area contributed by atoms with Gasteiger partial charge in [0.2, 0.25) is 5.91 Å². The molecule has 0 spiro atoms. The maximum Gasteiger partial charge on any atom is 0.261 e. The van der Waals surface area contributed by atoms with E-state index in [9.17, 15) is 9.59 Å². The Morgan fingerprint density at radius 2 is 1.92 bits per heavy atom. The van der Waals surface area contributed by atoms with Crippen molar-refractivity contribution in [3.63, 3.8) is 0 Å². The lowest BCUT2D eigenvalue weighted by molar-refractivity contribution is -0.116. The average Bonchev–Trinajstić information content (AvgIpc) is 2.60. The number of benzene rings is 2. The largest absolute Gasteiger partial charge is 0.326 e. The van der Waals surface area contributed by atoms with Gasteiger partial charge in [-0.05, 0) is 36.8 Å². The summed E-state index contributed by atoms with van der Waals surface area (Å²) in [6.07, 6.45) is 2.31. The van der Waals surface area contributed by atoms with Crippen molar-refractivity contribution in [1.82, 2.24) is 9.55 Å². The third-order valence-corrected chi connectivity index (χ3v) is 4.48. The highest BCUT2D eigenvalue weighted by Crippen LogP contribution is 2.25. The van der Waals surface area contributed by atoms with Gasteiger partial charge in [-0.15, -0.1) is 0 Å². The number of anilines is 1. The summed E-state index contributed by atoms with van der Waals surface area (Å²) in [7, 11) is 0. The lowest BCUT2D eigenvalue weighted by Crippen LogP contribution is -2.21. The van der Waals surface area contributed by atoms with Crippen LogP contribution in [-0.2, 0) is 11.3 Å². The summed E-state index contributed by atoms with van der Waals surface area (Å²) in [5.41, 5.74) is 1.15.